The maximum atomic E-state index is 14.1. The molecular formula is C21H20FN3OS. The van der Waals surface area contributed by atoms with E-state index in [-0.39, 0.29) is 23.8 Å². The first-order valence-electron chi connectivity index (χ1n) is 9.16. The second kappa shape index (κ2) is 6.62. The van der Waals surface area contributed by atoms with E-state index in [1.54, 1.807) is 17.4 Å². The van der Waals surface area contributed by atoms with Crippen molar-refractivity contribution in [3.05, 3.63) is 82.1 Å². The fraction of sp³-hybridized carbons (Fsp3) is 0.286. The van der Waals surface area contributed by atoms with Crippen LogP contribution in [0.2, 0.25) is 0 Å². The van der Waals surface area contributed by atoms with Crippen LogP contribution in [0.1, 0.15) is 27.0 Å². The van der Waals surface area contributed by atoms with E-state index in [1.165, 1.54) is 10.9 Å². The number of aromatic nitrogens is 1. The Balaban J connectivity index is 1.44. The maximum absolute atomic E-state index is 14.1. The summed E-state index contributed by atoms with van der Waals surface area (Å²) in [6.07, 6.45) is 2.00. The summed E-state index contributed by atoms with van der Waals surface area (Å²) in [4.78, 5) is 18.6. The number of likely N-dealkylation sites (tertiary alicyclic amines) is 1. The summed E-state index contributed by atoms with van der Waals surface area (Å²) in [5.41, 5.74) is 1.46. The number of halogens is 1. The zero-order valence-electron chi connectivity index (χ0n) is 14.8. The van der Waals surface area contributed by atoms with Crippen LogP contribution in [0, 0.1) is 5.82 Å². The summed E-state index contributed by atoms with van der Waals surface area (Å²) >= 11 is 1.68. The van der Waals surface area contributed by atoms with Gasteiger partial charge in [0.2, 0.25) is 0 Å². The quantitative estimate of drug-likeness (QED) is 0.688. The van der Waals surface area contributed by atoms with Gasteiger partial charge >= 0.3 is 0 Å². The summed E-state index contributed by atoms with van der Waals surface area (Å²) in [5.74, 6) is -0.0806. The van der Waals surface area contributed by atoms with Gasteiger partial charge in [-0.05, 0) is 29.6 Å². The molecule has 0 bridgehead atoms. The van der Waals surface area contributed by atoms with Crippen LogP contribution in [-0.2, 0) is 13.1 Å². The summed E-state index contributed by atoms with van der Waals surface area (Å²) in [5, 5.41) is 2.04. The highest BCUT2D eigenvalue weighted by molar-refractivity contribution is 7.09. The Morgan fingerprint density at radius 3 is 2.67 bits per heavy atom. The molecule has 3 aromatic rings. The molecule has 0 radical (unpaired) electrons. The molecule has 4 nitrogen and oxygen atoms in total. The third kappa shape index (κ3) is 2.89. The van der Waals surface area contributed by atoms with Gasteiger partial charge < -0.3 is 9.47 Å². The molecule has 2 aliphatic heterocycles. The predicted octanol–water partition coefficient (Wildman–Crippen LogP) is 3.77. The standard InChI is InChI=1S/C21H20FN3OS/c22-17-7-2-1-5-15(17)11-23-13-19-20(14-23)25(12-16-6-4-10-27-16)21(26)18-8-3-9-24(18)19/h1-10,19-20H,11-14H2/t19-,20+/m0/s1. The van der Waals surface area contributed by atoms with E-state index < -0.39 is 0 Å². The van der Waals surface area contributed by atoms with E-state index in [0.717, 1.165) is 18.8 Å². The first-order valence-corrected chi connectivity index (χ1v) is 10.0. The van der Waals surface area contributed by atoms with E-state index in [1.807, 2.05) is 46.8 Å². The summed E-state index contributed by atoms with van der Waals surface area (Å²) < 4.78 is 16.2. The molecule has 1 amide bonds. The van der Waals surface area contributed by atoms with Crippen LogP contribution in [0.5, 0.6) is 0 Å². The largest absolute Gasteiger partial charge is 0.337 e. The minimum Gasteiger partial charge on any atom is -0.337 e. The minimum atomic E-state index is -0.166. The van der Waals surface area contributed by atoms with Crippen molar-refractivity contribution in [1.82, 2.24) is 14.4 Å². The van der Waals surface area contributed by atoms with Crippen molar-refractivity contribution in [3.63, 3.8) is 0 Å². The predicted molar refractivity (Wildman–Crippen MR) is 103 cm³/mol. The van der Waals surface area contributed by atoms with Crippen LogP contribution >= 0.6 is 11.3 Å². The van der Waals surface area contributed by atoms with Crippen LogP contribution in [0.3, 0.4) is 0 Å². The van der Waals surface area contributed by atoms with E-state index in [9.17, 15) is 9.18 Å². The molecule has 2 aliphatic rings. The molecule has 1 aromatic carbocycles. The smallest absolute Gasteiger partial charge is 0.271 e. The monoisotopic (exact) mass is 381 g/mol. The van der Waals surface area contributed by atoms with Crippen molar-refractivity contribution in [2.45, 2.75) is 25.2 Å². The molecule has 1 saturated heterocycles. The van der Waals surface area contributed by atoms with Crippen LogP contribution in [0.4, 0.5) is 4.39 Å². The molecule has 5 rings (SSSR count). The number of carbonyl (C=O) groups is 1. The number of fused-ring (bicyclic) bond motifs is 3. The van der Waals surface area contributed by atoms with E-state index in [4.69, 9.17) is 0 Å². The number of benzene rings is 1. The van der Waals surface area contributed by atoms with Crippen LogP contribution in [0.25, 0.3) is 0 Å². The number of nitrogens with zero attached hydrogens (tertiary/aromatic N) is 3. The highest BCUT2D eigenvalue weighted by Crippen LogP contribution is 2.35. The Hall–Kier alpha value is -2.44. The average Bonchev–Trinajstić information content (AvgIpc) is 3.40. The number of rotatable bonds is 4. The molecule has 2 atom stereocenters. The van der Waals surface area contributed by atoms with E-state index >= 15 is 0 Å². The molecular weight excluding hydrogens is 361 g/mol. The lowest BCUT2D eigenvalue weighted by molar-refractivity contribution is 0.0559. The first kappa shape index (κ1) is 16.7. The lowest BCUT2D eigenvalue weighted by Crippen LogP contribution is -2.49. The van der Waals surface area contributed by atoms with Crippen molar-refractivity contribution in [3.8, 4) is 0 Å². The van der Waals surface area contributed by atoms with Gasteiger partial charge in [0, 0.05) is 36.3 Å². The van der Waals surface area contributed by atoms with Crippen molar-refractivity contribution in [2.75, 3.05) is 13.1 Å². The third-order valence-electron chi connectivity index (χ3n) is 5.61. The third-order valence-corrected chi connectivity index (χ3v) is 6.47. The van der Waals surface area contributed by atoms with Gasteiger partial charge in [0.25, 0.3) is 5.91 Å². The molecule has 2 aromatic heterocycles. The SMILES string of the molecule is O=C1c2cccn2[C@H]2CN(Cc3ccccc3F)C[C@H]2N1Cc1cccs1. The van der Waals surface area contributed by atoms with Crippen LogP contribution in [0.15, 0.2) is 60.1 Å². The Kier molecular flexibility index (Phi) is 4.10. The van der Waals surface area contributed by atoms with Gasteiger partial charge in [-0.15, -0.1) is 11.3 Å². The highest BCUT2D eigenvalue weighted by atomic mass is 32.1. The lowest BCUT2D eigenvalue weighted by atomic mass is 10.1. The average molecular weight is 381 g/mol. The van der Waals surface area contributed by atoms with Crippen molar-refractivity contribution >= 4 is 17.2 Å². The van der Waals surface area contributed by atoms with Crippen molar-refractivity contribution in [2.24, 2.45) is 0 Å². The molecule has 6 heteroatoms. The normalized spacial score (nSPS) is 22.1. The van der Waals surface area contributed by atoms with Gasteiger partial charge in [0.05, 0.1) is 18.6 Å². The van der Waals surface area contributed by atoms with E-state index in [0.29, 0.717) is 18.7 Å². The number of carbonyl (C=O) groups excluding carboxylic acids is 1. The first-order chi connectivity index (χ1) is 13.2. The summed E-state index contributed by atoms with van der Waals surface area (Å²) in [6.45, 7) is 2.77. The molecule has 0 N–H and O–H groups in total. The summed E-state index contributed by atoms with van der Waals surface area (Å²) in [6, 6.07) is 15.2. The number of amides is 1. The Bertz CT molecular complexity index is 967. The highest BCUT2D eigenvalue weighted by Gasteiger charge is 2.44. The molecule has 0 aliphatic carbocycles. The molecule has 0 saturated carbocycles. The Labute approximate surface area is 161 Å². The molecule has 0 unspecified atom stereocenters. The molecule has 138 valence electrons. The van der Waals surface area contributed by atoms with Gasteiger partial charge in [0.15, 0.2) is 0 Å². The fourth-order valence-corrected chi connectivity index (χ4v) is 5.05. The number of hydrogen-bond donors (Lipinski definition) is 0. The van der Waals surface area contributed by atoms with Crippen LogP contribution < -0.4 is 0 Å². The van der Waals surface area contributed by atoms with Crippen LogP contribution in [-0.4, -0.2) is 39.4 Å². The molecule has 27 heavy (non-hydrogen) atoms. The number of hydrogen-bond acceptors (Lipinski definition) is 3. The number of thiophene rings is 1. The van der Waals surface area contributed by atoms with Gasteiger partial charge in [-0.2, -0.15) is 0 Å². The molecule has 1 fully saturated rings. The van der Waals surface area contributed by atoms with Crippen molar-refractivity contribution in [1.29, 1.82) is 0 Å². The van der Waals surface area contributed by atoms with Gasteiger partial charge in [0.1, 0.15) is 11.5 Å². The fourth-order valence-electron chi connectivity index (χ4n) is 4.34. The van der Waals surface area contributed by atoms with Gasteiger partial charge in [-0.3, -0.25) is 9.69 Å². The Morgan fingerprint density at radius 1 is 1.00 bits per heavy atom. The second-order valence-electron chi connectivity index (χ2n) is 7.23. The topological polar surface area (TPSA) is 28.5 Å². The molecule has 4 heterocycles. The zero-order valence-corrected chi connectivity index (χ0v) is 15.6. The maximum Gasteiger partial charge on any atom is 0.271 e. The zero-order chi connectivity index (χ0) is 18.4. The van der Waals surface area contributed by atoms with Gasteiger partial charge in [-0.1, -0.05) is 24.3 Å². The Morgan fingerprint density at radius 2 is 1.85 bits per heavy atom. The second-order valence-corrected chi connectivity index (χ2v) is 8.27. The molecule has 0 spiro atoms. The van der Waals surface area contributed by atoms with E-state index in [2.05, 4.69) is 15.5 Å². The minimum absolute atomic E-state index is 0.0855. The summed E-state index contributed by atoms with van der Waals surface area (Å²) in [7, 11) is 0. The van der Waals surface area contributed by atoms with Gasteiger partial charge in [-0.25, -0.2) is 4.39 Å². The van der Waals surface area contributed by atoms with Crippen molar-refractivity contribution < 1.29 is 9.18 Å². The lowest BCUT2D eigenvalue weighted by Gasteiger charge is -2.38.